The van der Waals surface area contributed by atoms with Crippen LogP contribution in [0.3, 0.4) is 0 Å². The topological polar surface area (TPSA) is 253 Å². The number of aromatic hydroxyl groups is 1. The van der Waals surface area contributed by atoms with Gasteiger partial charge in [0.1, 0.15) is 29.9 Å². The number of phenols is 1. The maximum atomic E-state index is 14.4. The zero-order chi connectivity index (χ0) is 41.2. The van der Waals surface area contributed by atoms with Crippen molar-refractivity contribution in [3.8, 4) is 5.75 Å². The van der Waals surface area contributed by atoms with Crippen molar-refractivity contribution in [3.05, 3.63) is 102 Å². The lowest BCUT2D eigenvalue weighted by atomic mass is 9.94. The van der Waals surface area contributed by atoms with Gasteiger partial charge in [-0.15, -0.1) is 0 Å². The van der Waals surface area contributed by atoms with Gasteiger partial charge in [-0.25, -0.2) is 0 Å². The van der Waals surface area contributed by atoms with E-state index in [0.717, 1.165) is 16.5 Å². The Hall–Kier alpha value is -6.26. The summed E-state index contributed by atoms with van der Waals surface area (Å²) in [5.74, 6) is -4.38. The number of rotatable bonds is 17. The van der Waals surface area contributed by atoms with Gasteiger partial charge in [-0.1, -0.05) is 74.5 Å². The summed E-state index contributed by atoms with van der Waals surface area (Å²) in [6, 6.07) is 16.7. The van der Waals surface area contributed by atoms with Crippen molar-refractivity contribution in [2.24, 2.45) is 17.4 Å². The third-order valence-corrected chi connectivity index (χ3v) is 10.0. The Morgan fingerprint density at radius 2 is 1.47 bits per heavy atom. The minimum Gasteiger partial charge on any atom is -0.508 e. The second-order valence-electron chi connectivity index (χ2n) is 14.5. The normalized spacial score (nSPS) is 16.4. The second-order valence-corrected chi connectivity index (χ2v) is 14.5. The molecule has 10 N–H and O–H groups in total. The van der Waals surface area contributed by atoms with E-state index in [1.165, 1.54) is 21.9 Å². The van der Waals surface area contributed by atoms with Gasteiger partial charge in [0.2, 0.25) is 35.4 Å². The monoisotopic (exact) mass is 782 g/mol. The van der Waals surface area contributed by atoms with E-state index >= 15 is 0 Å². The minimum absolute atomic E-state index is 0.0381. The number of primary amides is 1. The lowest BCUT2D eigenvalue weighted by molar-refractivity contribution is -0.159. The van der Waals surface area contributed by atoms with Crippen molar-refractivity contribution in [1.29, 1.82) is 0 Å². The SMILES string of the molecule is CC(C)[C@H]1C(=O)N([C@@H](Cc2c[nH]c3ccccc23)C(=O)NCC(N)=O)CCN1C(=O)[C@H](CO)NC(=O)[C@H](Cc1ccccc1)NC(=O)[C@@H](N)Cc1ccc(O)cc1. The fraction of sp³-hybridized carbons (Fsp3) is 0.366. The van der Waals surface area contributed by atoms with Gasteiger partial charge < -0.3 is 52.4 Å². The Kier molecular flexibility index (Phi) is 14.0. The van der Waals surface area contributed by atoms with Crippen LogP contribution in [-0.4, -0.2) is 117 Å². The maximum absolute atomic E-state index is 14.4. The van der Waals surface area contributed by atoms with E-state index in [1.807, 2.05) is 24.3 Å². The molecule has 57 heavy (non-hydrogen) atoms. The van der Waals surface area contributed by atoms with Gasteiger partial charge in [0.25, 0.3) is 0 Å². The number of aromatic amines is 1. The number of para-hydroxylation sites is 1. The molecule has 16 nitrogen and oxygen atoms in total. The fourth-order valence-corrected chi connectivity index (χ4v) is 7.09. The number of phenolic OH excluding ortho intramolecular Hbond substituents is 1. The van der Waals surface area contributed by atoms with E-state index in [2.05, 4.69) is 20.9 Å². The number of hydrogen-bond donors (Lipinski definition) is 8. The number of nitrogens with one attached hydrogen (secondary N) is 4. The van der Waals surface area contributed by atoms with Gasteiger partial charge in [-0.05, 0) is 47.2 Å². The predicted molar refractivity (Wildman–Crippen MR) is 211 cm³/mol. The molecule has 4 aromatic rings. The first-order valence-corrected chi connectivity index (χ1v) is 18.8. The van der Waals surface area contributed by atoms with E-state index in [0.29, 0.717) is 11.1 Å². The zero-order valence-corrected chi connectivity index (χ0v) is 31.9. The van der Waals surface area contributed by atoms with Gasteiger partial charge in [0.15, 0.2) is 0 Å². The number of carbonyl (C=O) groups is 6. The van der Waals surface area contributed by atoms with Crippen molar-refractivity contribution in [2.75, 3.05) is 26.2 Å². The molecule has 6 amide bonds. The summed E-state index contributed by atoms with van der Waals surface area (Å²) in [6.07, 6.45) is 2.02. The first-order valence-electron chi connectivity index (χ1n) is 18.8. The molecule has 0 saturated carbocycles. The molecule has 0 radical (unpaired) electrons. The minimum atomic E-state index is -1.49. The highest BCUT2D eigenvalue weighted by atomic mass is 16.3. The van der Waals surface area contributed by atoms with Gasteiger partial charge in [-0.2, -0.15) is 0 Å². The Bertz CT molecular complexity index is 2050. The number of hydrogen-bond acceptors (Lipinski definition) is 9. The highest BCUT2D eigenvalue weighted by Crippen LogP contribution is 2.26. The Balaban J connectivity index is 1.33. The molecule has 0 bridgehead atoms. The van der Waals surface area contributed by atoms with Crippen molar-refractivity contribution in [2.45, 2.75) is 63.3 Å². The molecule has 1 saturated heterocycles. The van der Waals surface area contributed by atoms with Crippen LogP contribution in [0.25, 0.3) is 10.9 Å². The molecule has 0 aliphatic carbocycles. The number of H-pyrrole nitrogens is 1. The quantitative estimate of drug-likeness (QED) is 0.0709. The number of carbonyl (C=O) groups excluding carboxylic acids is 6. The lowest BCUT2D eigenvalue weighted by Crippen LogP contribution is -2.67. The molecule has 0 spiro atoms. The number of nitrogens with zero attached hydrogens (tertiary/aromatic N) is 2. The lowest BCUT2D eigenvalue weighted by Gasteiger charge is -2.45. The summed E-state index contributed by atoms with van der Waals surface area (Å²) < 4.78 is 0. The first-order chi connectivity index (χ1) is 27.3. The number of aliphatic hydroxyl groups is 1. The number of aliphatic hydroxyl groups excluding tert-OH is 1. The van der Waals surface area contributed by atoms with E-state index in [9.17, 15) is 39.0 Å². The summed E-state index contributed by atoms with van der Waals surface area (Å²) in [5.41, 5.74) is 14.5. The van der Waals surface area contributed by atoms with Crippen molar-refractivity contribution >= 4 is 46.3 Å². The van der Waals surface area contributed by atoms with Crippen molar-refractivity contribution < 1.29 is 39.0 Å². The number of nitrogens with two attached hydrogens (primary N) is 2. The van der Waals surface area contributed by atoms with E-state index in [4.69, 9.17) is 11.5 Å². The Morgan fingerprint density at radius 1 is 0.825 bits per heavy atom. The molecule has 0 unspecified atom stereocenters. The first kappa shape index (κ1) is 41.9. The van der Waals surface area contributed by atoms with Gasteiger partial charge in [0.05, 0.1) is 19.2 Å². The van der Waals surface area contributed by atoms with Crippen LogP contribution in [0.2, 0.25) is 0 Å². The van der Waals surface area contributed by atoms with Crippen LogP contribution in [0.1, 0.15) is 30.5 Å². The maximum Gasteiger partial charge on any atom is 0.248 e. The Morgan fingerprint density at radius 3 is 2.14 bits per heavy atom. The van der Waals surface area contributed by atoms with Crippen LogP contribution in [-0.2, 0) is 48.0 Å². The largest absolute Gasteiger partial charge is 0.508 e. The average molecular weight is 783 g/mol. The molecule has 1 aliphatic heterocycles. The Labute approximate surface area is 330 Å². The van der Waals surface area contributed by atoms with Gasteiger partial charge >= 0.3 is 0 Å². The number of piperazine rings is 1. The molecule has 5 atom stereocenters. The molecular weight excluding hydrogens is 732 g/mol. The third kappa shape index (κ3) is 10.5. The molecular formula is C41H50N8O8. The van der Waals surface area contributed by atoms with E-state index in [1.54, 1.807) is 62.5 Å². The summed E-state index contributed by atoms with van der Waals surface area (Å²) in [4.78, 5) is 86.8. The molecule has 2 heterocycles. The zero-order valence-electron chi connectivity index (χ0n) is 31.9. The third-order valence-electron chi connectivity index (χ3n) is 10.0. The molecule has 1 aliphatic rings. The summed E-state index contributed by atoms with van der Waals surface area (Å²) >= 11 is 0. The molecule has 16 heteroatoms. The molecule has 302 valence electrons. The van der Waals surface area contributed by atoms with Crippen LogP contribution >= 0.6 is 0 Å². The smallest absolute Gasteiger partial charge is 0.248 e. The van der Waals surface area contributed by atoms with Gasteiger partial charge in [0, 0.05) is 43.0 Å². The second kappa shape index (κ2) is 19.1. The number of aromatic nitrogens is 1. The van der Waals surface area contributed by atoms with Crippen LogP contribution in [0.4, 0.5) is 0 Å². The highest BCUT2D eigenvalue weighted by Gasteiger charge is 2.45. The van der Waals surface area contributed by atoms with Gasteiger partial charge in [-0.3, -0.25) is 28.8 Å². The molecule has 1 fully saturated rings. The van der Waals surface area contributed by atoms with E-state index < -0.39 is 84.7 Å². The molecule has 3 aromatic carbocycles. The number of fused-ring (bicyclic) bond motifs is 1. The van der Waals surface area contributed by atoms with E-state index in [-0.39, 0.29) is 38.1 Å². The average Bonchev–Trinajstić information content (AvgIpc) is 3.61. The van der Waals surface area contributed by atoms with Crippen LogP contribution in [0.15, 0.2) is 85.1 Å². The van der Waals surface area contributed by atoms with Crippen molar-refractivity contribution in [1.82, 2.24) is 30.7 Å². The molecule has 5 rings (SSSR count). The standard InChI is InChI=1S/C41H50N8O8/c1-24(2)36-41(57)48(34(39(55)45-22-35(43)52)20-27-21-44-31-11-7-6-10-29(27)31)16-17-49(36)40(56)33(23-50)47-38(54)32(19-25-8-4-3-5-9-25)46-37(53)30(42)18-26-12-14-28(51)15-13-26/h3-15,21,24,30,32-34,36,44,50-51H,16-20,22-23,42H2,1-2H3,(H2,43,52)(H,45,55)(H,46,53)(H,47,54)/t30-,32-,33-,34-,36-/m0/s1. The molecule has 1 aromatic heterocycles. The van der Waals surface area contributed by atoms with Crippen LogP contribution in [0.5, 0.6) is 5.75 Å². The van der Waals surface area contributed by atoms with Crippen molar-refractivity contribution in [3.63, 3.8) is 0 Å². The summed E-state index contributed by atoms with van der Waals surface area (Å²) in [5, 5.41) is 28.7. The highest BCUT2D eigenvalue weighted by molar-refractivity contribution is 5.97. The number of benzene rings is 3. The fourth-order valence-electron chi connectivity index (χ4n) is 7.09. The predicted octanol–water partition coefficient (Wildman–Crippen LogP) is -0.144. The number of amides is 6. The summed E-state index contributed by atoms with van der Waals surface area (Å²) in [7, 11) is 0. The summed E-state index contributed by atoms with van der Waals surface area (Å²) in [6.45, 7) is 2.14. The van der Waals surface area contributed by atoms with Crippen LogP contribution < -0.4 is 27.4 Å². The van der Waals surface area contributed by atoms with Crippen LogP contribution in [0, 0.1) is 5.92 Å².